The predicted octanol–water partition coefficient (Wildman–Crippen LogP) is 0.929. The van der Waals surface area contributed by atoms with E-state index in [0.29, 0.717) is 5.92 Å². The summed E-state index contributed by atoms with van der Waals surface area (Å²) in [5.74, 6) is 0.462. The lowest BCUT2D eigenvalue weighted by Crippen LogP contribution is -2.36. The Balaban J connectivity index is 2.39. The lowest BCUT2D eigenvalue weighted by atomic mass is 10.2. The van der Waals surface area contributed by atoms with Crippen LogP contribution in [0.5, 0.6) is 0 Å². The van der Waals surface area contributed by atoms with Gasteiger partial charge in [0.2, 0.25) is 0 Å². The second-order valence-corrected chi connectivity index (χ2v) is 3.18. The Morgan fingerprint density at radius 2 is 2.33 bits per heavy atom. The highest BCUT2D eigenvalue weighted by Gasteiger charge is 2.22. The Morgan fingerprint density at radius 3 is 2.56 bits per heavy atom. The van der Waals surface area contributed by atoms with Crippen LogP contribution in [0, 0.1) is 5.92 Å². The van der Waals surface area contributed by atoms with Gasteiger partial charge in [0.05, 0.1) is 6.17 Å². The third-order valence-corrected chi connectivity index (χ3v) is 1.89. The summed E-state index contributed by atoms with van der Waals surface area (Å²) in [7, 11) is 0. The molecule has 52 valence electrons. The van der Waals surface area contributed by atoms with Crippen molar-refractivity contribution in [1.29, 1.82) is 0 Å². The maximum atomic E-state index is 10.5. The van der Waals surface area contributed by atoms with E-state index in [2.05, 4.69) is 23.9 Å². The molecule has 0 radical (unpaired) electrons. The quantitative estimate of drug-likeness (QED) is 0.541. The second kappa shape index (κ2) is 2.58. The fourth-order valence-electron chi connectivity index (χ4n) is 0.606. The molecule has 0 spiro atoms. The molecule has 1 fully saturated rings. The standard InChI is InChI=1S/C5H10N2OS/c1-3(2)4-6-5(8)9-7-4/h3-4,7H,1-2H3,(H,6,8). The van der Waals surface area contributed by atoms with Gasteiger partial charge in [0.15, 0.2) is 0 Å². The summed E-state index contributed by atoms with van der Waals surface area (Å²) < 4.78 is 2.96. The average Bonchev–Trinajstić information content (AvgIpc) is 2.14. The van der Waals surface area contributed by atoms with Gasteiger partial charge in [-0.3, -0.25) is 4.79 Å². The Hall–Kier alpha value is -0.220. The number of amides is 1. The number of rotatable bonds is 1. The molecule has 1 atom stereocenters. The summed E-state index contributed by atoms with van der Waals surface area (Å²) in [6.07, 6.45) is 0.155. The summed E-state index contributed by atoms with van der Waals surface area (Å²) in [5.41, 5.74) is 0. The molecule has 3 nitrogen and oxygen atoms in total. The molecule has 1 saturated heterocycles. The van der Waals surface area contributed by atoms with Gasteiger partial charge in [-0.1, -0.05) is 13.8 Å². The summed E-state index contributed by atoms with van der Waals surface area (Å²) in [5, 5.41) is 2.79. The van der Waals surface area contributed by atoms with E-state index in [1.165, 1.54) is 0 Å². The molecule has 1 heterocycles. The lowest BCUT2D eigenvalue weighted by Gasteiger charge is -2.11. The molecule has 0 aliphatic carbocycles. The molecule has 0 aromatic carbocycles. The first-order valence-electron chi connectivity index (χ1n) is 2.93. The number of nitrogens with one attached hydrogen (secondary N) is 2. The van der Waals surface area contributed by atoms with E-state index in [1.54, 1.807) is 0 Å². The summed E-state index contributed by atoms with van der Waals surface area (Å²) in [6.45, 7) is 4.12. The van der Waals surface area contributed by atoms with Gasteiger partial charge in [-0.15, -0.1) is 0 Å². The number of carbonyl (C=O) groups excluding carboxylic acids is 1. The Bertz CT molecular complexity index is 126. The molecule has 1 amide bonds. The highest BCUT2D eigenvalue weighted by Crippen LogP contribution is 2.11. The first-order chi connectivity index (χ1) is 4.20. The molecule has 9 heavy (non-hydrogen) atoms. The fourth-order valence-corrected chi connectivity index (χ4v) is 1.36. The Labute approximate surface area is 58.7 Å². The van der Waals surface area contributed by atoms with E-state index >= 15 is 0 Å². The molecular weight excluding hydrogens is 136 g/mol. The van der Waals surface area contributed by atoms with Gasteiger partial charge in [0, 0.05) is 11.9 Å². The Kier molecular flexibility index (Phi) is 1.97. The highest BCUT2D eigenvalue weighted by atomic mass is 32.2. The highest BCUT2D eigenvalue weighted by molar-refractivity contribution is 8.12. The van der Waals surface area contributed by atoms with Gasteiger partial charge in [0.25, 0.3) is 5.24 Å². The third-order valence-electron chi connectivity index (χ3n) is 1.22. The van der Waals surface area contributed by atoms with E-state index in [4.69, 9.17) is 0 Å². The van der Waals surface area contributed by atoms with E-state index < -0.39 is 0 Å². The van der Waals surface area contributed by atoms with Crippen molar-refractivity contribution in [2.45, 2.75) is 20.0 Å². The minimum absolute atomic E-state index is 0.0219. The van der Waals surface area contributed by atoms with Crippen molar-refractivity contribution in [3.05, 3.63) is 0 Å². The predicted molar refractivity (Wildman–Crippen MR) is 37.9 cm³/mol. The van der Waals surface area contributed by atoms with Crippen LogP contribution in [0.1, 0.15) is 13.8 Å². The van der Waals surface area contributed by atoms with Gasteiger partial charge < -0.3 is 5.32 Å². The molecule has 0 saturated carbocycles. The SMILES string of the molecule is CC(C)C1NSC(=O)N1. The van der Waals surface area contributed by atoms with E-state index in [0.717, 1.165) is 11.9 Å². The molecule has 1 aliphatic rings. The number of carbonyl (C=O) groups is 1. The van der Waals surface area contributed by atoms with Crippen LogP contribution < -0.4 is 10.0 Å². The molecule has 4 heteroatoms. The Morgan fingerprint density at radius 1 is 1.67 bits per heavy atom. The van der Waals surface area contributed by atoms with Crippen molar-refractivity contribution in [3.63, 3.8) is 0 Å². The van der Waals surface area contributed by atoms with Crippen LogP contribution in [0.4, 0.5) is 4.79 Å². The van der Waals surface area contributed by atoms with E-state index in [-0.39, 0.29) is 11.4 Å². The fraction of sp³-hybridized carbons (Fsp3) is 0.800. The van der Waals surface area contributed by atoms with Crippen LogP contribution in [0.2, 0.25) is 0 Å². The van der Waals surface area contributed by atoms with Gasteiger partial charge in [0.1, 0.15) is 0 Å². The minimum atomic E-state index is 0.0219. The van der Waals surface area contributed by atoms with Crippen molar-refractivity contribution in [2.24, 2.45) is 5.92 Å². The molecular formula is C5H10N2OS. The van der Waals surface area contributed by atoms with Gasteiger partial charge in [-0.25, -0.2) is 4.72 Å². The van der Waals surface area contributed by atoms with Crippen molar-refractivity contribution >= 4 is 17.2 Å². The smallest absolute Gasteiger partial charge is 0.295 e. The second-order valence-electron chi connectivity index (χ2n) is 2.37. The maximum absolute atomic E-state index is 10.5. The molecule has 2 N–H and O–H groups in total. The monoisotopic (exact) mass is 146 g/mol. The molecule has 0 aromatic rings. The average molecular weight is 146 g/mol. The van der Waals surface area contributed by atoms with Crippen LogP contribution in [-0.4, -0.2) is 11.4 Å². The van der Waals surface area contributed by atoms with Crippen molar-refractivity contribution < 1.29 is 4.79 Å². The van der Waals surface area contributed by atoms with Crippen LogP contribution in [0.15, 0.2) is 0 Å². The number of hydrogen-bond donors (Lipinski definition) is 2. The topological polar surface area (TPSA) is 41.1 Å². The molecule has 0 aromatic heterocycles. The molecule has 1 rings (SSSR count). The minimum Gasteiger partial charge on any atom is -0.329 e. The van der Waals surface area contributed by atoms with Crippen LogP contribution >= 0.6 is 11.9 Å². The zero-order valence-electron chi connectivity index (χ0n) is 5.47. The molecule has 1 aliphatic heterocycles. The number of hydrogen-bond acceptors (Lipinski definition) is 3. The normalized spacial score (nSPS) is 27.0. The summed E-state index contributed by atoms with van der Waals surface area (Å²) in [6, 6.07) is 0. The largest absolute Gasteiger partial charge is 0.329 e. The third kappa shape index (κ3) is 1.59. The zero-order valence-corrected chi connectivity index (χ0v) is 6.29. The van der Waals surface area contributed by atoms with Crippen molar-refractivity contribution in [3.8, 4) is 0 Å². The van der Waals surface area contributed by atoms with Gasteiger partial charge in [-0.2, -0.15) is 0 Å². The summed E-state index contributed by atoms with van der Waals surface area (Å²) in [4.78, 5) is 10.5. The van der Waals surface area contributed by atoms with Crippen molar-refractivity contribution in [1.82, 2.24) is 10.0 Å². The van der Waals surface area contributed by atoms with E-state index in [1.807, 2.05) is 0 Å². The molecule has 0 bridgehead atoms. The first-order valence-corrected chi connectivity index (χ1v) is 3.74. The van der Waals surface area contributed by atoms with Crippen LogP contribution in [-0.2, 0) is 0 Å². The van der Waals surface area contributed by atoms with E-state index in [9.17, 15) is 4.79 Å². The summed E-state index contributed by atoms with van der Waals surface area (Å²) >= 11 is 1.13. The lowest BCUT2D eigenvalue weighted by molar-refractivity contribution is 0.256. The van der Waals surface area contributed by atoms with Gasteiger partial charge >= 0.3 is 0 Å². The zero-order chi connectivity index (χ0) is 6.85. The molecule has 1 unspecified atom stereocenters. The van der Waals surface area contributed by atoms with Crippen LogP contribution in [0.3, 0.4) is 0 Å². The van der Waals surface area contributed by atoms with Crippen molar-refractivity contribution in [2.75, 3.05) is 0 Å². The first kappa shape index (κ1) is 6.89. The van der Waals surface area contributed by atoms with Crippen LogP contribution in [0.25, 0.3) is 0 Å². The van der Waals surface area contributed by atoms with Gasteiger partial charge in [-0.05, 0) is 5.92 Å². The maximum Gasteiger partial charge on any atom is 0.295 e.